The number of carbonyl (C=O) groups excluding carboxylic acids is 1. The van der Waals surface area contributed by atoms with Crippen molar-refractivity contribution in [2.24, 2.45) is 5.92 Å². The zero-order valence-corrected chi connectivity index (χ0v) is 12.7. The largest absolute Gasteiger partial charge is 0.324 e. The van der Waals surface area contributed by atoms with Crippen molar-refractivity contribution < 1.29 is 4.79 Å². The van der Waals surface area contributed by atoms with E-state index in [4.69, 9.17) is 0 Å². The van der Waals surface area contributed by atoms with Crippen LogP contribution in [0.3, 0.4) is 0 Å². The van der Waals surface area contributed by atoms with E-state index in [-0.39, 0.29) is 11.9 Å². The van der Waals surface area contributed by atoms with Crippen molar-refractivity contribution >= 4 is 27.5 Å². The van der Waals surface area contributed by atoms with Crippen LogP contribution in [-0.4, -0.2) is 11.9 Å². The fourth-order valence-electron chi connectivity index (χ4n) is 3.22. The van der Waals surface area contributed by atoms with E-state index >= 15 is 0 Å². The van der Waals surface area contributed by atoms with Gasteiger partial charge in [-0.3, -0.25) is 10.1 Å². The van der Waals surface area contributed by atoms with Crippen LogP contribution in [0.4, 0.5) is 5.69 Å². The minimum absolute atomic E-state index is 0.0753. The molecule has 3 rings (SSSR count). The lowest BCUT2D eigenvalue weighted by atomic mass is 9.86. The summed E-state index contributed by atoms with van der Waals surface area (Å²) in [4.78, 5) is 12.1. The van der Waals surface area contributed by atoms with Gasteiger partial charge >= 0.3 is 0 Å². The van der Waals surface area contributed by atoms with E-state index in [9.17, 15) is 4.79 Å². The molecule has 2 aliphatic rings. The van der Waals surface area contributed by atoms with Gasteiger partial charge in [0.05, 0.1) is 0 Å². The number of fused-ring (bicyclic) bond motifs is 1. The number of carbonyl (C=O) groups is 1. The zero-order chi connectivity index (χ0) is 13.4. The number of anilines is 1. The molecular formula is C15H19BrN2O. The van der Waals surface area contributed by atoms with E-state index in [0.717, 1.165) is 21.6 Å². The van der Waals surface area contributed by atoms with Gasteiger partial charge in [0.25, 0.3) is 0 Å². The first-order chi connectivity index (χ1) is 9.13. The lowest BCUT2D eigenvalue weighted by Gasteiger charge is -2.29. The average molecular weight is 323 g/mol. The second-order valence-electron chi connectivity index (χ2n) is 5.79. The molecule has 4 heteroatoms. The highest BCUT2D eigenvalue weighted by molar-refractivity contribution is 9.10. The molecule has 1 saturated carbocycles. The molecule has 102 valence electrons. The molecule has 0 spiro atoms. The molecule has 1 aliphatic carbocycles. The Morgan fingerprint density at radius 3 is 3.00 bits per heavy atom. The Balaban J connectivity index is 1.78. The van der Waals surface area contributed by atoms with Crippen LogP contribution in [0.1, 0.15) is 44.2 Å². The quantitative estimate of drug-likeness (QED) is 0.873. The lowest BCUT2D eigenvalue weighted by Crippen LogP contribution is -2.39. The summed E-state index contributed by atoms with van der Waals surface area (Å²) < 4.78 is 1.02. The Bertz CT molecular complexity index is 503. The third-order valence-corrected chi connectivity index (χ3v) is 4.68. The molecule has 1 heterocycles. The van der Waals surface area contributed by atoms with Gasteiger partial charge in [0.15, 0.2) is 0 Å². The van der Waals surface area contributed by atoms with Crippen LogP contribution in [0.5, 0.6) is 0 Å². The van der Waals surface area contributed by atoms with Gasteiger partial charge in [0.1, 0.15) is 6.04 Å². The topological polar surface area (TPSA) is 41.1 Å². The molecule has 2 N–H and O–H groups in total. The maximum absolute atomic E-state index is 12.1. The lowest BCUT2D eigenvalue weighted by molar-refractivity contribution is -0.118. The summed E-state index contributed by atoms with van der Waals surface area (Å²) in [7, 11) is 0. The van der Waals surface area contributed by atoms with Crippen LogP contribution < -0.4 is 10.6 Å². The van der Waals surface area contributed by atoms with Gasteiger partial charge in [-0.05, 0) is 37.0 Å². The number of hydrogen-bond acceptors (Lipinski definition) is 2. The predicted molar refractivity (Wildman–Crippen MR) is 80.1 cm³/mol. The molecular weight excluding hydrogens is 304 g/mol. The third kappa shape index (κ3) is 2.70. The van der Waals surface area contributed by atoms with Crippen LogP contribution in [0, 0.1) is 5.92 Å². The van der Waals surface area contributed by atoms with Crippen molar-refractivity contribution in [1.82, 2.24) is 5.32 Å². The SMILES string of the molecule is CC1CCCC(NC2C(=O)Nc3ccc(Br)cc32)C1. The summed E-state index contributed by atoms with van der Waals surface area (Å²) in [5.74, 6) is 0.837. The molecule has 0 radical (unpaired) electrons. The number of halogens is 1. The van der Waals surface area contributed by atoms with E-state index in [0.29, 0.717) is 6.04 Å². The Hall–Kier alpha value is -0.870. The number of hydrogen-bond donors (Lipinski definition) is 2. The monoisotopic (exact) mass is 322 g/mol. The average Bonchev–Trinajstić information content (AvgIpc) is 2.66. The fourth-order valence-corrected chi connectivity index (χ4v) is 3.60. The maximum Gasteiger partial charge on any atom is 0.246 e. The highest BCUT2D eigenvalue weighted by atomic mass is 79.9. The van der Waals surface area contributed by atoms with E-state index < -0.39 is 0 Å². The van der Waals surface area contributed by atoms with Gasteiger partial charge in [-0.15, -0.1) is 0 Å². The first-order valence-electron chi connectivity index (χ1n) is 7.00. The molecule has 1 aromatic carbocycles. The highest BCUT2D eigenvalue weighted by Crippen LogP contribution is 2.34. The number of benzene rings is 1. The van der Waals surface area contributed by atoms with Gasteiger partial charge in [-0.25, -0.2) is 0 Å². The first-order valence-corrected chi connectivity index (χ1v) is 7.79. The highest BCUT2D eigenvalue weighted by Gasteiger charge is 2.33. The van der Waals surface area contributed by atoms with E-state index in [2.05, 4.69) is 33.5 Å². The van der Waals surface area contributed by atoms with Crippen LogP contribution in [0.15, 0.2) is 22.7 Å². The summed E-state index contributed by atoms with van der Waals surface area (Å²) in [6.45, 7) is 2.30. The van der Waals surface area contributed by atoms with Crippen molar-refractivity contribution in [3.05, 3.63) is 28.2 Å². The Kier molecular flexibility index (Phi) is 3.63. The first kappa shape index (κ1) is 13.1. The van der Waals surface area contributed by atoms with Crippen molar-refractivity contribution in [2.75, 3.05) is 5.32 Å². The third-order valence-electron chi connectivity index (χ3n) is 4.18. The molecule has 0 bridgehead atoms. The molecule has 1 aliphatic heterocycles. The van der Waals surface area contributed by atoms with E-state index in [1.165, 1.54) is 25.7 Å². The summed E-state index contributed by atoms with van der Waals surface area (Å²) in [6, 6.07) is 6.23. The van der Waals surface area contributed by atoms with Crippen LogP contribution in [0.2, 0.25) is 0 Å². The minimum atomic E-state index is -0.192. The minimum Gasteiger partial charge on any atom is -0.324 e. The molecule has 1 aromatic rings. The second-order valence-corrected chi connectivity index (χ2v) is 6.70. The summed E-state index contributed by atoms with van der Waals surface area (Å²) in [5.41, 5.74) is 2.01. The van der Waals surface area contributed by atoms with Gasteiger partial charge in [0.2, 0.25) is 5.91 Å². The molecule has 1 fully saturated rings. The standard InChI is InChI=1S/C15H19BrN2O/c1-9-3-2-4-11(7-9)17-14-12-8-10(16)5-6-13(12)18-15(14)19/h5-6,8-9,11,14,17H,2-4,7H2,1H3,(H,18,19). The van der Waals surface area contributed by atoms with Gasteiger partial charge < -0.3 is 5.32 Å². The van der Waals surface area contributed by atoms with Gasteiger partial charge in [-0.2, -0.15) is 0 Å². The van der Waals surface area contributed by atoms with E-state index in [1.54, 1.807) is 0 Å². The van der Waals surface area contributed by atoms with Crippen LogP contribution >= 0.6 is 15.9 Å². The Morgan fingerprint density at radius 2 is 2.21 bits per heavy atom. The Morgan fingerprint density at radius 1 is 1.37 bits per heavy atom. The maximum atomic E-state index is 12.1. The Labute approximate surface area is 122 Å². The van der Waals surface area contributed by atoms with Crippen molar-refractivity contribution in [1.29, 1.82) is 0 Å². The van der Waals surface area contributed by atoms with Crippen LogP contribution in [0.25, 0.3) is 0 Å². The zero-order valence-electron chi connectivity index (χ0n) is 11.1. The number of rotatable bonds is 2. The second kappa shape index (κ2) is 5.25. The van der Waals surface area contributed by atoms with E-state index in [1.807, 2.05) is 18.2 Å². The number of amides is 1. The predicted octanol–water partition coefficient (Wildman–Crippen LogP) is 3.61. The molecule has 19 heavy (non-hydrogen) atoms. The van der Waals surface area contributed by atoms with Crippen molar-refractivity contribution in [2.45, 2.75) is 44.7 Å². The molecule has 0 saturated heterocycles. The molecule has 3 atom stereocenters. The summed E-state index contributed by atoms with van der Waals surface area (Å²) in [5, 5.41) is 6.50. The molecule has 0 aromatic heterocycles. The van der Waals surface area contributed by atoms with Gasteiger partial charge in [0, 0.05) is 21.8 Å². The van der Waals surface area contributed by atoms with Crippen molar-refractivity contribution in [3.63, 3.8) is 0 Å². The fraction of sp³-hybridized carbons (Fsp3) is 0.533. The summed E-state index contributed by atoms with van der Waals surface area (Å²) in [6.07, 6.45) is 4.93. The smallest absolute Gasteiger partial charge is 0.246 e. The van der Waals surface area contributed by atoms with Crippen molar-refractivity contribution in [3.8, 4) is 0 Å². The molecule has 3 nitrogen and oxygen atoms in total. The van der Waals surface area contributed by atoms with Crippen LogP contribution in [-0.2, 0) is 4.79 Å². The van der Waals surface area contributed by atoms with Gasteiger partial charge in [-0.1, -0.05) is 35.7 Å². The number of nitrogens with one attached hydrogen (secondary N) is 2. The molecule has 1 amide bonds. The molecule has 3 unspecified atom stereocenters. The summed E-state index contributed by atoms with van der Waals surface area (Å²) >= 11 is 3.48. The normalized spacial score (nSPS) is 30.0.